The van der Waals surface area contributed by atoms with Crippen LogP contribution in [0.25, 0.3) is 0 Å². The van der Waals surface area contributed by atoms with Crippen LogP contribution in [-0.4, -0.2) is 28.0 Å². The summed E-state index contributed by atoms with van der Waals surface area (Å²) >= 11 is 1.63. The van der Waals surface area contributed by atoms with E-state index in [-0.39, 0.29) is 11.9 Å². The number of hydrogen-bond donors (Lipinski definition) is 1. The van der Waals surface area contributed by atoms with Gasteiger partial charge in [-0.2, -0.15) is 0 Å². The van der Waals surface area contributed by atoms with Gasteiger partial charge in [-0.1, -0.05) is 0 Å². The van der Waals surface area contributed by atoms with Crippen molar-refractivity contribution in [2.24, 2.45) is 0 Å². The molecule has 2 rings (SSSR count). The van der Waals surface area contributed by atoms with Gasteiger partial charge in [0.25, 0.3) is 0 Å². The van der Waals surface area contributed by atoms with Crippen LogP contribution in [0.4, 0.5) is 5.82 Å². The molecule has 0 fully saturated rings. The number of anilines is 1. The zero-order valence-electron chi connectivity index (χ0n) is 11.8. The first kappa shape index (κ1) is 14.4. The lowest BCUT2D eigenvalue weighted by Crippen LogP contribution is -2.13. The molecule has 2 heterocycles. The van der Waals surface area contributed by atoms with E-state index in [1.807, 2.05) is 20.0 Å². The number of methoxy groups -OCH3 is 1. The summed E-state index contributed by atoms with van der Waals surface area (Å²) in [5, 5.41) is 4.19. The van der Waals surface area contributed by atoms with E-state index in [0.717, 1.165) is 9.88 Å². The molecule has 106 valence electrons. The Labute approximate surface area is 121 Å². The van der Waals surface area contributed by atoms with Gasteiger partial charge < -0.3 is 10.1 Å². The van der Waals surface area contributed by atoms with Crippen molar-refractivity contribution >= 4 is 23.1 Å². The van der Waals surface area contributed by atoms with Crippen LogP contribution in [0, 0.1) is 13.8 Å². The minimum absolute atomic E-state index is 0.00787. The minimum Gasteiger partial charge on any atom is -0.463 e. The van der Waals surface area contributed by atoms with Crippen LogP contribution < -0.4 is 5.32 Å². The molecule has 1 atom stereocenters. The standard InChI is InChI=1S/C13H16N4O2S/c1-7-5-10(17-11(15-7)13(18)19-4)16-9(3)12-14-6-8(2)20-12/h5-6,9H,1-4H3,(H,15,16,17). The largest absolute Gasteiger partial charge is 0.463 e. The Morgan fingerprint density at radius 1 is 1.40 bits per heavy atom. The van der Waals surface area contributed by atoms with Crippen LogP contribution in [-0.2, 0) is 4.74 Å². The topological polar surface area (TPSA) is 77.0 Å². The maximum Gasteiger partial charge on any atom is 0.376 e. The van der Waals surface area contributed by atoms with Gasteiger partial charge in [0.1, 0.15) is 10.8 Å². The molecule has 1 N–H and O–H groups in total. The zero-order valence-corrected chi connectivity index (χ0v) is 12.6. The summed E-state index contributed by atoms with van der Waals surface area (Å²) in [7, 11) is 1.31. The van der Waals surface area contributed by atoms with E-state index < -0.39 is 5.97 Å². The van der Waals surface area contributed by atoms with Crippen LogP contribution in [0.15, 0.2) is 12.3 Å². The highest BCUT2D eigenvalue weighted by Crippen LogP contribution is 2.22. The number of rotatable bonds is 4. The van der Waals surface area contributed by atoms with Gasteiger partial charge in [-0.15, -0.1) is 11.3 Å². The summed E-state index contributed by atoms with van der Waals surface area (Å²) in [4.78, 5) is 25.2. The highest BCUT2D eigenvalue weighted by molar-refractivity contribution is 7.11. The summed E-state index contributed by atoms with van der Waals surface area (Å²) in [6.45, 7) is 5.81. The molecule has 0 aliphatic rings. The van der Waals surface area contributed by atoms with Crippen molar-refractivity contribution < 1.29 is 9.53 Å². The Balaban J connectivity index is 2.20. The Morgan fingerprint density at radius 3 is 2.75 bits per heavy atom. The summed E-state index contributed by atoms with van der Waals surface area (Å²) in [5.74, 6) is 0.0882. The van der Waals surface area contributed by atoms with Crippen molar-refractivity contribution in [3.05, 3.63) is 33.7 Å². The molecule has 0 aliphatic carbocycles. The Bertz CT molecular complexity index is 627. The Hall–Kier alpha value is -2.02. The first-order valence-electron chi connectivity index (χ1n) is 6.12. The number of thiazole rings is 1. The molecule has 0 saturated heterocycles. The summed E-state index contributed by atoms with van der Waals surface area (Å²) in [5.41, 5.74) is 0.699. The lowest BCUT2D eigenvalue weighted by atomic mass is 10.3. The van der Waals surface area contributed by atoms with Crippen molar-refractivity contribution in [3.63, 3.8) is 0 Å². The lowest BCUT2D eigenvalue weighted by Gasteiger charge is -2.12. The third-order valence-electron chi connectivity index (χ3n) is 2.60. The zero-order chi connectivity index (χ0) is 14.7. The first-order chi connectivity index (χ1) is 9.49. The van der Waals surface area contributed by atoms with Crippen LogP contribution >= 0.6 is 11.3 Å². The number of nitrogens with one attached hydrogen (secondary N) is 1. The van der Waals surface area contributed by atoms with Gasteiger partial charge in [0.15, 0.2) is 0 Å². The fourth-order valence-corrected chi connectivity index (χ4v) is 2.46. The normalized spacial score (nSPS) is 12.0. The maximum atomic E-state index is 11.5. The first-order valence-corrected chi connectivity index (χ1v) is 6.94. The van der Waals surface area contributed by atoms with Crippen LogP contribution in [0.2, 0.25) is 0 Å². The van der Waals surface area contributed by atoms with E-state index >= 15 is 0 Å². The third-order valence-corrected chi connectivity index (χ3v) is 3.69. The van der Waals surface area contributed by atoms with Gasteiger partial charge >= 0.3 is 5.97 Å². The second-order valence-electron chi connectivity index (χ2n) is 4.38. The number of carbonyl (C=O) groups excluding carboxylic acids is 1. The van der Waals surface area contributed by atoms with Gasteiger partial charge in [-0.05, 0) is 20.8 Å². The summed E-state index contributed by atoms with van der Waals surface area (Å²) in [6.07, 6.45) is 1.84. The second kappa shape index (κ2) is 5.96. The smallest absolute Gasteiger partial charge is 0.376 e. The van der Waals surface area contributed by atoms with Crippen LogP contribution in [0.1, 0.15) is 39.2 Å². The number of aryl methyl sites for hydroxylation is 2. The molecule has 0 aromatic carbocycles. The number of esters is 1. The number of ether oxygens (including phenoxy) is 1. The lowest BCUT2D eigenvalue weighted by molar-refractivity contribution is 0.0586. The van der Waals surface area contributed by atoms with Crippen molar-refractivity contribution in [1.29, 1.82) is 0 Å². The fraction of sp³-hybridized carbons (Fsp3) is 0.385. The average molecular weight is 292 g/mol. The molecule has 0 saturated carbocycles. The number of aromatic nitrogens is 3. The molecule has 0 radical (unpaired) electrons. The predicted molar refractivity (Wildman–Crippen MR) is 77.0 cm³/mol. The van der Waals surface area contributed by atoms with Crippen molar-refractivity contribution in [2.75, 3.05) is 12.4 Å². The molecule has 0 spiro atoms. The van der Waals surface area contributed by atoms with Crippen molar-refractivity contribution in [1.82, 2.24) is 15.0 Å². The van der Waals surface area contributed by atoms with E-state index in [4.69, 9.17) is 0 Å². The van der Waals surface area contributed by atoms with E-state index in [1.54, 1.807) is 24.3 Å². The summed E-state index contributed by atoms with van der Waals surface area (Å²) in [6, 6.07) is 1.79. The van der Waals surface area contributed by atoms with Gasteiger partial charge in [0.05, 0.1) is 13.2 Å². The van der Waals surface area contributed by atoms with Crippen LogP contribution in [0.5, 0.6) is 0 Å². The average Bonchev–Trinajstić information content (AvgIpc) is 2.84. The molecular weight excluding hydrogens is 276 g/mol. The highest BCUT2D eigenvalue weighted by Gasteiger charge is 2.14. The fourth-order valence-electron chi connectivity index (χ4n) is 1.68. The van der Waals surface area contributed by atoms with E-state index in [0.29, 0.717) is 11.5 Å². The predicted octanol–water partition coefficient (Wildman–Crippen LogP) is 2.51. The molecule has 7 heteroatoms. The molecular formula is C13H16N4O2S. The minimum atomic E-state index is -0.547. The summed E-state index contributed by atoms with van der Waals surface area (Å²) < 4.78 is 4.64. The molecule has 0 aliphatic heterocycles. The Morgan fingerprint density at radius 2 is 2.15 bits per heavy atom. The Kier molecular flexibility index (Phi) is 4.29. The quantitative estimate of drug-likeness (QED) is 0.872. The number of nitrogens with zero attached hydrogens (tertiary/aromatic N) is 3. The van der Waals surface area contributed by atoms with E-state index in [2.05, 4.69) is 25.0 Å². The maximum absolute atomic E-state index is 11.5. The van der Waals surface area contributed by atoms with Crippen molar-refractivity contribution in [2.45, 2.75) is 26.8 Å². The van der Waals surface area contributed by atoms with Gasteiger partial charge in [-0.25, -0.2) is 19.7 Å². The van der Waals surface area contributed by atoms with Crippen molar-refractivity contribution in [3.8, 4) is 0 Å². The molecule has 0 bridgehead atoms. The van der Waals surface area contributed by atoms with E-state index in [9.17, 15) is 4.79 Å². The van der Waals surface area contributed by atoms with Gasteiger partial charge in [0, 0.05) is 22.8 Å². The van der Waals surface area contributed by atoms with Gasteiger partial charge in [-0.3, -0.25) is 0 Å². The third kappa shape index (κ3) is 3.30. The number of carbonyl (C=O) groups is 1. The molecule has 1 unspecified atom stereocenters. The molecule has 2 aromatic rings. The molecule has 20 heavy (non-hydrogen) atoms. The monoisotopic (exact) mass is 292 g/mol. The second-order valence-corrected chi connectivity index (χ2v) is 5.65. The molecule has 0 amide bonds. The molecule has 2 aromatic heterocycles. The number of hydrogen-bond acceptors (Lipinski definition) is 7. The SMILES string of the molecule is COC(=O)c1nc(C)cc(NC(C)c2ncc(C)s2)n1. The molecule has 6 nitrogen and oxygen atoms in total. The highest BCUT2D eigenvalue weighted by atomic mass is 32.1. The van der Waals surface area contributed by atoms with E-state index in [1.165, 1.54) is 7.11 Å². The van der Waals surface area contributed by atoms with Gasteiger partial charge in [0.2, 0.25) is 5.82 Å². The van der Waals surface area contributed by atoms with Crippen LogP contribution in [0.3, 0.4) is 0 Å².